The van der Waals surface area contributed by atoms with Crippen molar-refractivity contribution in [2.24, 2.45) is 10.8 Å². The number of nitrogens with one attached hydrogen (secondary N) is 1. The van der Waals surface area contributed by atoms with Crippen molar-refractivity contribution in [2.75, 3.05) is 39.0 Å². The monoisotopic (exact) mass is 673 g/mol. The molecule has 0 bridgehead atoms. The van der Waals surface area contributed by atoms with Crippen molar-refractivity contribution in [2.45, 2.75) is 58.5 Å². The molecular formula is C31H42Cl3N3O5S. The van der Waals surface area contributed by atoms with Crippen LogP contribution in [0.15, 0.2) is 48.5 Å². The summed E-state index contributed by atoms with van der Waals surface area (Å²) in [6, 6.07) is 13.6. The molecule has 1 N–H and O–H groups in total. The molecule has 2 fully saturated rings. The van der Waals surface area contributed by atoms with E-state index in [0.29, 0.717) is 42.6 Å². The van der Waals surface area contributed by atoms with Crippen LogP contribution >= 0.6 is 35.6 Å². The van der Waals surface area contributed by atoms with Gasteiger partial charge >= 0.3 is 5.97 Å². The van der Waals surface area contributed by atoms with Gasteiger partial charge in [-0.25, -0.2) is 8.42 Å². The number of hydrogen-bond acceptors (Lipinski definition) is 6. The van der Waals surface area contributed by atoms with Crippen LogP contribution in [0.2, 0.25) is 10.0 Å². The van der Waals surface area contributed by atoms with Crippen LogP contribution in [0.5, 0.6) is 0 Å². The Morgan fingerprint density at radius 1 is 1.07 bits per heavy atom. The van der Waals surface area contributed by atoms with E-state index < -0.39 is 38.9 Å². The molecule has 12 heteroatoms. The van der Waals surface area contributed by atoms with Crippen molar-refractivity contribution in [1.29, 1.82) is 0 Å². The van der Waals surface area contributed by atoms with Gasteiger partial charge in [0.05, 0.1) is 36.8 Å². The van der Waals surface area contributed by atoms with Gasteiger partial charge in [-0.3, -0.25) is 9.59 Å². The number of ether oxygens (including phenoxy) is 1. The molecule has 4 atom stereocenters. The van der Waals surface area contributed by atoms with Crippen LogP contribution in [0.25, 0.3) is 0 Å². The Hall–Kier alpha value is -1.88. The summed E-state index contributed by atoms with van der Waals surface area (Å²) in [6.07, 6.45) is 0.205. The van der Waals surface area contributed by atoms with E-state index in [1.807, 2.05) is 51.1 Å². The fourth-order valence-corrected chi connectivity index (χ4v) is 8.59. The topological polar surface area (TPSA) is 96.0 Å². The number of methoxy groups -OCH3 is 1. The molecule has 43 heavy (non-hydrogen) atoms. The molecule has 2 aromatic carbocycles. The molecule has 2 aliphatic rings. The van der Waals surface area contributed by atoms with E-state index in [1.54, 1.807) is 30.0 Å². The highest BCUT2D eigenvalue weighted by atomic mass is 35.5. The highest BCUT2D eigenvalue weighted by Gasteiger charge is 2.55. The number of esters is 1. The standard InChI is InChI=1S/C31H41Cl2N3O5S.ClH/c1-30(2,3)26(20-42(39,40)35-15-13-34-14-16-35)36-28(21-9-11-23(32)12-10-21)25(22-7-6-8-24(33)17-22)18-31(4,29(36)38)19-27(37)41-5;/h6-12,17,25-26,28,34H,13-16,18-20H2,1-5H3;1H/t25-,26-,28-,31-;/m1./s1. The second kappa shape index (κ2) is 14.0. The summed E-state index contributed by atoms with van der Waals surface area (Å²) >= 11 is 12.7. The number of piperazine rings is 1. The highest BCUT2D eigenvalue weighted by molar-refractivity contribution is 7.89. The van der Waals surface area contributed by atoms with E-state index in [9.17, 15) is 18.0 Å². The Labute approximate surface area is 271 Å². The van der Waals surface area contributed by atoms with Crippen LogP contribution in [0.1, 0.15) is 63.6 Å². The number of rotatable bonds is 8. The normalized spacial score (nSPS) is 24.3. The third kappa shape index (κ3) is 8.05. The van der Waals surface area contributed by atoms with Crippen molar-refractivity contribution in [1.82, 2.24) is 14.5 Å². The molecule has 2 heterocycles. The maximum absolute atomic E-state index is 14.8. The van der Waals surface area contributed by atoms with Crippen LogP contribution in [0.4, 0.5) is 0 Å². The van der Waals surface area contributed by atoms with Gasteiger partial charge in [-0.1, -0.05) is 75.2 Å². The van der Waals surface area contributed by atoms with Crippen molar-refractivity contribution in [3.8, 4) is 0 Å². The fraction of sp³-hybridized carbons (Fsp3) is 0.548. The second-order valence-corrected chi connectivity index (χ2v) is 15.6. The van der Waals surface area contributed by atoms with E-state index >= 15 is 0 Å². The molecule has 8 nitrogen and oxygen atoms in total. The maximum Gasteiger partial charge on any atom is 0.306 e. The van der Waals surface area contributed by atoms with Crippen LogP contribution < -0.4 is 5.32 Å². The number of nitrogens with zero attached hydrogens (tertiary/aromatic N) is 2. The minimum Gasteiger partial charge on any atom is -0.469 e. The second-order valence-electron chi connectivity index (χ2n) is 12.7. The lowest BCUT2D eigenvalue weighted by Gasteiger charge is -2.54. The SMILES string of the molecule is COC(=O)C[C@@]1(C)C[C@H](c2cccc(Cl)c2)[C@@H](c2ccc(Cl)cc2)N([C@H](CS(=O)(=O)N2CCNCC2)C(C)(C)C)C1=O.Cl. The molecule has 0 radical (unpaired) electrons. The van der Waals surface area contributed by atoms with E-state index in [2.05, 4.69) is 5.32 Å². The first kappa shape index (κ1) is 35.6. The third-order valence-corrected chi connectivity index (χ3v) is 10.9. The lowest BCUT2D eigenvalue weighted by molar-refractivity contribution is -0.163. The van der Waals surface area contributed by atoms with Gasteiger partial charge in [-0.15, -0.1) is 12.4 Å². The largest absolute Gasteiger partial charge is 0.469 e. The first-order chi connectivity index (χ1) is 19.7. The molecule has 0 spiro atoms. The molecule has 0 aromatic heterocycles. The van der Waals surface area contributed by atoms with Crippen molar-refractivity contribution >= 4 is 57.5 Å². The predicted octanol–water partition coefficient (Wildman–Crippen LogP) is 5.69. The minimum absolute atomic E-state index is 0. The molecule has 2 saturated heterocycles. The first-order valence-corrected chi connectivity index (χ1v) is 16.6. The van der Waals surface area contributed by atoms with E-state index in [-0.39, 0.29) is 36.4 Å². The summed E-state index contributed by atoms with van der Waals surface area (Å²) in [4.78, 5) is 29.2. The summed E-state index contributed by atoms with van der Waals surface area (Å²) in [5.74, 6) is -1.32. The van der Waals surface area contributed by atoms with Gasteiger partial charge < -0.3 is 15.0 Å². The number of halogens is 3. The van der Waals surface area contributed by atoms with Gasteiger partial charge in [0.2, 0.25) is 15.9 Å². The molecule has 0 aliphatic carbocycles. The quantitative estimate of drug-likeness (QED) is 0.362. The lowest BCUT2D eigenvalue weighted by atomic mass is 9.66. The van der Waals surface area contributed by atoms with Crippen LogP contribution in [0.3, 0.4) is 0 Å². The van der Waals surface area contributed by atoms with Crippen molar-refractivity contribution < 1.29 is 22.7 Å². The van der Waals surface area contributed by atoms with Gasteiger partial charge in [-0.2, -0.15) is 4.31 Å². The van der Waals surface area contributed by atoms with Gasteiger partial charge in [0.1, 0.15) is 0 Å². The Morgan fingerprint density at radius 3 is 2.26 bits per heavy atom. The highest BCUT2D eigenvalue weighted by Crippen LogP contribution is 2.53. The average Bonchev–Trinajstić information content (AvgIpc) is 2.93. The summed E-state index contributed by atoms with van der Waals surface area (Å²) in [5.41, 5.74) is -0.0601. The first-order valence-electron chi connectivity index (χ1n) is 14.3. The minimum atomic E-state index is -3.74. The predicted molar refractivity (Wildman–Crippen MR) is 173 cm³/mol. The van der Waals surface area contributed by atoms with Crippen molar-refractivity contribution in [3.63, 3.8) is 0 Å². The molecule has 4 rings (SSSR count). The van der Waals surface area contributed by atoms with E-state index in [4.69, 9.17) is 27.9 Å². The van der Waals surface area contributed by atoms with Crippen LogP contribution in [-0.4, -0.2) is 74.6 Å². The number of carbonyl (C=O) groups excluding carboxylic acids is 2. The summed E-state index contributed by atoms with van der Waals surface area (Å²) in [6.45, 7) is 9.54. The van der Waals surface area contributed by atoms with Gasteiger partial charge in [-0.05, 0) is 47.2 Å². The van der Waals surface area contributed by atoms with E-state index in [1.165, 1.54) is 11.4 Å². The molecule has 0 saturated carbocycles. The summed E-state index contributed by atoms with van der Waals surface area (Å²) in [7, 11) is -2.43. The Morgan fingerprint density at radius 2 is 1.70 bits per heavy atom. The van der Waals surface area contributed by atoms with Crippen LogP contribution in [0, 0.1) is 10.8 Å². The molecule has 238 valence electrons. The number of hydrogen-bond donors (Lipinski definition) is 1. The number of sulfonamides is 1. The number of piperidine rings is 1. The fourth-order valence-electron chi connectivity index (χ4n) is 6.26. The summed E-state index contributed by atoms with van der Waals surface area (Å²) < 4.78 is 34.4. The van der Waals surface area contributed by atoms with Gasteiger partial charge in [0.15, 0.2) is 0 Å². The number of benzene rings is 2. The average molecular weight is 675 g/mol. The third-order valence-electron chi connectivity index (χ3n) is 8.53. The molecule has 0 unspecified atom stereocenters. The zero-order valence-electron chi connectivity index (χ0n) is 25.3. The Bertz CT molecular complexity index is 1390. The number of amides is 1. The maximum atomic E-state index is 14.8. The molecule has 2 aromatic rings. The Kier molecular flexibility index (Phi) is 11.6. The lowest BCUT2D eigenvalue weighted by Crippen LogP contribution is -2.61. The molecule has 2 aliphatic heterocycles. The molecule has 1 amide bonds. The molecular weight excluding hydrogens is 633 g/mol. The van der Waals surface area contributed by atoms with E-state index in [0.717, 1.165) is 11.1 Å². The smallest absolute Gasteiger partial charge is 0.306 e. The Balaban J connectivity index is 0.00000506. The zero-order chi connectivity index (χ0) is 30.9. The summed E-state index contributed by atoms with van der Waals surface area (Å²) in [5, 5.41) is 4.30. The van der Waals surface area contributed by atoms with Gasteiger partial charge in [0.25, 0.3) is 0 Å². The zero-order valence-corrected chi connectivity index (χ0v) is 28.5. The number of carbonyl (C=O) groups is 2. The van der Waals surface area contributed by atoms with Crippen LogP contribution in [-0.2, 0) is 24.3 Å². The van der Waals surface area contributed by atoms with Gasteiger partial charge in [0, 0.05) is 42.1 Å². The van der Waals surface area contributed by atoms with Crippen molar-refractivity contribution in [3.05, 3.63) is 69.7 Å². The number of likely N-dealkylation sites (tertiary alicyclic amines) is 1.